The van der Waals surface area contributed by atoms with E-state index in [2.05, 4.69) is 46.8 Å². The van der Waals surface area contributed by atoms with Gasteiger partial charge < -0.3 is 9.88 Å². The van der Waals surface area contributed by atoms with Gasteiger partial charge in [-0.25, -0.2) is 4.98 Å². The first kappa shape index (κ1) is 12.6. The van der Waals surface area contributed by atoms with Crippen LogP contribution in [0, 0.1) is 6.92 Å². The Labute approximate surface area is 108 Å². The number of imidazole rings is 1. The van der Waals surface area contributed by atoms with Crippen LogP contribution in [-0.2, 0) is 0 Å². The van der Waals surface area contributed by atoms with Crippen LogP contribution in [0.3, 0.4) is 0 Å². The molecule has 0 fully saturated rings. The summed E-state index contributed by atoms with van der Waals surface area (Å²) in [5.41, 5.74) is 2.26. The summed E-state index contributed by atoms with van der Waals surface area (Å²) < 4.78 is 2.17. The van der Waals surface area contributed by atoms with E-state index in [4.69, 9.17) is 0 Å². The molecule has 2 aromatic heterocycles. The molecule has 4 nitrogen and oxygen atoms in total. The third-order valence-corrected chi connectivity index (χ3v) is 2.88. The van der Waals surface area contributed by atoms with E-state index in [1.807, 2.05) is 31.5 Å². The Morgan fingerprint density at radius 2 is 1.83 bits per heavy atom. The Morgan fingerprint density at radius 1 is 1.17 bits per heavy atom. The Bertz CT molecular complexity index is 502. The normalized spacial score (nSPS) is 12.7. The fourth-order valence-corrected chi connectivity index (χ4v) is 1.98. The first-order chi connectivity index (χ1) is 8.58. The molecule has 1 atom stereocenters. The molecule has 0 aromatic carbocycles. The SMILES string of the molecule is Cc1cn(C(C)c2ccncc2)c(NC(C)C)n1. The Hall–Kier alpha value is -1.84. The molecule has 0 amide bonds. The largest absolute Gasteiger partial charge is 0.353 e. The van der Waals surface area contributed by atoms with E-state index in [0.29, 0.717) is 6.04 Å². The van der Waals surface area contributed by atoms with E-state index >= 15 is 0 Å². The number of aryl methyl sites for hydroxylation is 1. The number of nitrogens with zero attached hydrogens (tertiary/aromatic N) is 3. The minimum absolute atomic E-state index is 0.246. The summed E-state index contributed by atoms with van der Waals surface area (Å²) in [7, 11) is 0. The first-order valence-corrected chi connectivity index (χ1v) is 6.30. The lowest BCUT2D eigenvalue weighted by Gasteiger charge is -2.18. The summed E-state index contributed by atoms with van der Waals surface area (Å²) in [6, 6.07) is 4.70. The summed E-state index contributed by atoms with van der Waals surface area (Å²) in [4.78, 5) is 8.59. The van der Waals surface area contributed by atoms with E-state index in [0.717, 1.165) is 11.6 Å². The molecular weight excluding hydrogens is 224 g/mol. The van der Waals surface area contributed by atoms with Gasteiger partial charge in [0.05, 0.1) is 11.7 Å². The molecule has 0 radical (unpaired) electrons. The Balaban J connectivity index is 2.32. The van der Waals surface area contributed by atoms with Gasteiger partial charge in [0.25, 0.3) is 0 Å². The highest BCUT2D eigenvalue weighted by atomic mass is 15.2. The van der Waals surface area contributed by atoms with E-state index in [1.165, 1.54) is 5.56 Å². The minimum atomic E-state index is 0.246. The zero-order valence-electron chi connectivity index (χ0n) is 11.4. The molecule has 1 N–H and O–H groups in total. The summed E-state index contributed by atoms with van der Waals surface area (Å²) in [6.45, 7) is 8.42. The van der Waals surface area contributed by atoms with Gasteiger partial charge in [0, 0.05) is 24.6 Å². The predicted molar refractivity (Wildman–Crippen MR) is 73.8 cm³/mol. The van der Waals surface area contributed by atoms with Crippen molar-refractivity contribution in [3.8, 4) is 0 Å². The number of hydrogen-bond donors (Lipinski definition) is 1. The molecule has 0 aliphatic heterocycles. The van der Waals surface area contributed by atoms with Gasteiger partial charge in [-0.3, -0.25) is 4.98 Å². The van der Waals surface area contributed by atoms with Gasteiger partial charge in [0.1, 0.15) is 0 Å². The van der Waals surface area contributed by atoms with Crippen LogP contribution < -0.4 is 5.32 Å². The monoisotopic (exact) mass is 244 g/mol. The molecule has 18 heavy (non-hydrogen) atoms. The van der Waals surface area contributed by atoms with Gasteiger partial charge in [-0.2, -0.15) is 0 Å². The standard InChI is InChI=1S/C14H20N4/c1-10(2)16-14-17-11(3)9-18(14)12(4)13-5-7-15-8-6-13/h5-10,12H,1-4H3,(H,16,17). The van der Waals surface area contributed by atoms with Crippen molar-refractivity contribution in [2.24, 2.45) is 0 Å². The smallest absolute Gasteiger partial charge is 0.203 e. The van der Waals surface area contributed by atoms with Gasteiger partial charge in [-0.1, -0.05) is 0 Å². The molecule has 0 saturated heterocycles. The summed E-state index contributed by atoms with van der Waals surface area (Å²) in [6.07, 6.45) is 5.73. The number of pyridine rings is 1. The zero-order chi connectivity index (χ0) is 13.1. The Kier molecular flexibility index (Phi) is 3.65. The molecule has 0 aliphatic carbocycles. The second kappa shape index (κ2) is 5.21. The molecule has 0 aliphatic rings. The van der Waals surface area contributed by atoms with Crippen LogP contribution in [-0.4, -0.2) is 20.6 Å². The molecule has 1 unspecified atom stereocenters. The lowest BCUT2D eigenvalue weighted by molar-refractivity contribution is 0.637. The van der Waals surface area contributed by atoms with Crippen molar-refractivity contribution in [2.75, 3.05) is 5.32 Å². The Morgan fingerprint density at radius 3 is 2.44 bits per heavy atom. The van der Waals surface area contributed by atoms with Gasteiger partial charge in [-0.05, 0) is 45.4 Å². The number of hydrogen-bond acceptors (Lipinski definition) is 3. The maximum atomic E-state index is 4.53. The minimum Gasteiger partial charge on any atom is -0.353 e. The fourth-order valence-electron chi connectivity index (χ4n) is 1.98. The van der Waals surface area contributed by atoms with Crippen molar-refractivity contribution in [1.82, 2.24) is 14.5 Å². The van der Waals surface area contributed by atoms with Crippen LogP contribution in [0.4, 0.5) is 5.95 Å². The van der Waals surface area contributed by atoms with E-state index in [1.54, 1.807) is 0 Å². The highest BCUT2D eigenvalue weighted by molar-refractivity contribution is 5.33. The predicted octanol–water partition coefficient (Wildman–Crippen LogP) is 3.02. The van der Waals surface area contributed by atoms with Crippen LogP contribution >= 0.6 is 0 Å². The molecule has 2 rings (SSSR count). The van der Waals surface area contributed by atoms with Crippen LogP contribution in [0.15, 0.2) is 30.7 Å². The average molecular weight is 244 g/mol. The fraction of sp³-hybridized carbons (Fsp3) is 0.429. The zero-order valence-corrected chi connectivity index (χ0v) is 11.4. The third kappa shape index (κ3) is 2.70. The molecule has 4 heteroatoms. The molecule has 0 saturated carbocycles. The van der Waals surface area contributed by atoms with E-state index < -0.39 is 0 Å². The van der Waals surface area contributed by atoms with Gasteiger partial charge >= 0.3 is 0 Å². The van der Waals surface area contributed by atoms with Crippen LogP contribution in [0.1, 0.15) is 38.1 Å². The molecule has 96 valence electrons. The highest BCUT2D eigenvalue weighted by Gasteiger charge is 2.13. The average Bonchev–Trinajstić information content (AvgIpc) is 2.69. The van der Waals surface area contributed by atoms with Crippen molar-refractivity contribution in [1.29, 1.82) is 0 Å². The second-order valence-corrected chi connectivity index (χ2v) is 4.87. The van der Waals surface area contributed by atoms with Crippen molar-refractivity contribution in [3.05, 3.63) is 42.0 Å². The molecule has 0 spiro atoms. The second-order valence-electron chi connectivity index (χ2n) is 4.87. The maximum Gasteiger partial charge on any atom is 0.203 e. The van der Waals surface area contributed by atoms with Crippen molar-refractivity contribution >= 4 is 5.95 Å². The molecule has 0 bridgehead atoms. The topological polar surface area (TPSA) is 42.7 Å². The summed E-state index contributed by atoms with van der Waals surface area (Å²) in [5, 5.41) is 3.38. The number of rotatable bonds is 4. The lowest BCUT2D eigenvalue weighted by atomic mass is 10.1. The van der Waals surface area contributed by atoms with Crippen molar-refractivity contribution in [2.45, 2.75) is 39.8 Å². The van der Waals surface area contributed by atoms with Gasteiger partial charge in [0.15, 0.2) is 0 Å². The first-order valence-electron chi connectivity index (χ1n) is 6.30. The van der Waals surface area contributed by atoms with Gasteiger partial charge in [0.2, 0.25) is 5.95 Å². The molecule has 2 aromatic rings. The number of nitrogens with one attached hydrogen (secondary N) is 1. The lowest BCUT2D eigenvalue weighted by Crippen LogP contribution is -2.16. The summed E-state index contributed by atoms with van der Waals surface area (Å²) in [5.74, 6) is 0.923. The van der Waals surface area contributed by atoms with Crippen molar-refractivity contribution < 1.29 is 0 Å². The van der Waals surface area contributed by atoms with Crippen molar-refractivity contribution in [3.63, 3.8) is 0 Å². The summed E-state index contributed by atoms with van der Waals surface area (Å²) >= 11 is 0. The van der Waals surface area contributed by atoms with Crippen LogP contribution in [0.5, 0.6) is 0 Å². The quantitative estimate of drug-likeness (QED) is 0.899. The third-order valence-electron chi connectivity index (χ3n) is 2.88. The van der Waals surface area contributed by atoms with Gasteiger partial charge in [-0.15, -0.1) is 0 Å². The highest BCUT2D eigenvalue weighted by Crippen LogP contribution is 2.22. The number of anilines is 1. The van der Waals surface area contributed by atoms with Crippen LogP contribution in [0.2, 0.25) is 0 Å². The molecule has 2 heterocycles. The molecular formula is C14H20N4. The maximum absolute atomic E-state index is 4.53. The van der Waals surface area contributed by atoms with E-state index in [9.17, 15) is 0 Å². The van der Waals surface area contributed by atoms with E-state index in [-0.39, 0.29) is 6.04 Å². The number of aromatic nitrogens is 3. The van der Waals surface area contributed by atoms with Crippen LogP contribution in [0.25, 0.3) is 0 Å².